The maximum absolute atomic E-state index is 12.7. The highest BCUT2D eigenvalue weighted by molar-refractivity contribution is 5.69. The fraction of sp³-hybridized carbons (Fsp3) is 0.900. The van der Waals surface area contributed by atoms with Gasteiger partial charge in [0.15, 0.2) is 0 Å². The predicted octanol–water partition coefficient (Wildman–Crippen LogP) is 13.4. The number of carbonyl (C=O) groups excluding carboxylic acids is 1. The normalized spacial score (nSPS) is 12.4. The van der Waals surface area contributed by atoms with Crippen molar-refractivity contribution < 1.29 is 14.3 Å². The smallest absolute Gasteiger partial charge is 0.306 e. The van der Waals surface area contributed by atoms with Crippen molar-refractivity contribution in [2.24, 2.45) is 5.92 Å². The highest BCUT2D eigenvalue weighted by Crippen LogP contribution is 2.21. The van der Waals surface area contributed by atoms with Gasteiger partial charge in [-0.25, -0.2) is 0 Å². The summed E-state index contributed by atoms with van der Waals surface area (Å²) in [6, 6.07) is 0. The van der Waals surface area contributed by atoms with Crippen LogP contribution in [0.4, 0.5) is 5.69 Å². The zero-order valence-corrected chi connectivity index (χ0v) is 38.7. The molecule has 0 aliphatic carbocycles. The summed E-state index contributed by atoms with van der Waals surface area (Å²) in [5, 5.41) is 3.22. The molecule has 0 aromatic heterocycles. The van der Waals surface area contributed by atoms with Crippen LogP contribution in [0.15, 0.2) is 9.59 Å². The molecule has 1 N–H and O–H groups in total. The van der Waals surface area contributed by atoms with Gasteiger partial charge in [0.1, 0.15) is 6.10 Å². The summed E-state index contributed by atoms with van der Waals surface area (Å²) in [5.74, 6) is 0.741. The van der Waals surface area contributed by atoms with Crippen molar-refractivity contribution >= 4 is 11.7 Å². The third-order valence-electron chi connectivity index (χ3n) is 12.1. The molecule has 1 aromatic rings. The molecular formula is C50H94N2O5. The Bertz CT molecular complexity index is 1110. The zero-order chi connectivity index (χ0) is 41.8. The molecule has 0 saturated carbocycles. The van der Waals surface area contributed by atoms with Crippen LogP contribution < -0.4 is 16.2 Å². The first-order valence-corrected chi connectivity index (χ1v) is 24.8. The quantitative estimate of drug-likeness (QED) is 0.0400. The van der Waals surface area contributed by atoms with Gasteiger partial charge in [-0.1, -0.05) is 150 Å². The Hall–Kier alpha value is -1.73. The van der Waals surface area contributed by atoms with E-state index in [2.05, 4.69) is 44.8 Å². The third kappa shape index (κ3) is 28.4. The number of esters is 1. The van der Waals surface area contributed by atoms with Crippen LogP contribution in [0.25, 0.3) is 0 Å². The summed E-state index contributed by atoms with van der Waals surface area (Å²) in [4.78, 5) is 38.8. The van der Waals surface area contributed by atoms with E-state index in [1.54, 1.807) is 6.92 Å². The molecule has 7 nitrogen and oxygen atoms in total. The topological polar surface area (TPSA) is 84.9 Å². The second-order valence-corrected chi connectivity index (χ2v) is 17.7. The highest BCUT2D eigenvalue weighted by Gasteiger charge is 2.17. The van der Waals surface area contributed by atoms with Crippen LogP contribution >= 0.6 is 0 Å². The van der Waals surface area contributed by atoms with Crippen molar-refractivity contribution in [2.75, 3.05) is 38.1 Å². The molecule has 0 radical (unpaired) electrons. The fourth-order valence-corrected chi connectivity index (χ4v) is 8.17. The van der Waals surface area contributed by atoms with Crippen LogP contribution in [0.1, 0.15) is 239 Å². The minimum Gasteiger partial charge on any atom is -0.462 e. The van der Waals surface area contributed by atoms with E-state index in [0.717, 1.165) is 77.2 Å². The number of anilines is 1. The summed E-state index contributed by atoms with van der Waals surface area (Å²) in [6.07, 6.45) is 37.4. The zero-order valence-electron chi connectivity index (χ0n) is 38.7. The van der Waals surface area contributed by atoms with E-state index in [-0.39, 0.29) is 22.9 Å². The predicted molar refractivity (Wildman–Crippen MR) is 246 cm³/mol. The van der Waals surface area contributed by atoms with E-state index in [1.165, 1.54) is 154 Å². The van der Waals surface area contributed by atoms with Gasteiger partial charge in [0, 0.05) is 25.1 Å². The number of ether oxygens (including phenoxy) is 2. The Kier molecular flexibility index (Phi) is 34.9. The van der Waals surface area contributed by atoms with Crippen molar-refractivity contribution in [3.63, 3.8) is 0 Å². The molecule has 0 spiro atoms. The molecule has 7 heteroatoms. The molecule has 1 aromatic carbocycles. The van der Waals surface area contributed by atoms with E-state index < -0.39 is 0 Å². The number of carbonyl (C=O) groups is 1. The van der Waals surface area contributed by atoms with Crippen LogP contribution in [0.2, 0.25) is 0 Å². The van der Waals surface area contributed by atoms with Gasteiger partial charge in [-0.3, -0.25) is 14.4 Å². The molecule has 1 unspecified atom stereocenters. The molecule has 0 aliphatic rings. The first-order valence-electron chi connectivity index (χ1n) is 24.8. The average Bonchev–Trinajstić information content (AvgIpc) is 3.21. The number of nitrogens with zero attached hydrogens (tertiary/aromatic N) is 1. The molecule has 1 rings (SSSR count). The Labute approximate surface area is 352 Å². The lowest BCUT2D eigenvalue weighted by atomic mass is 9.95. The highest BCUT2D eigenvalue weighted by atomic mass is 16.5. The second kappa shape index (κ2) is 37.3. The van der Waals surface area contributed by atoms with E-state index in [0.29, 0.717) is 23.8 Å². The second-order valence-electron chi connectivity index (χ2n) is 17.7. The Morgan fingerprint density at radius 1 is 0.561 bits per heavy atom. The first kappa shape index (κ1) is 53.3. The molecule has 0 aliphatic heterocycles. The van der Waals surface area contributed by atoms with Crippen LogP contribution in [0.3, 0.4) is 0 Å². The van der Waals surface area contributed by atoms with Gasteiger partial charge in [0.2, 0.25) is 10.9 Å². The lowest BCUT2D eigenvalue weighted by Crippen LogP contribution is -2.37. The number of hydrogen-bond acceptors (Lipinski definition) is 7. The summed E-state index contributed by atoms with van der Waals surface area (Å²) in [5.41, 5.74) is 0.382. The number of rotatable bonds is 43. The maximum Gasteiger partial charge on any atom is 0.306 e. The van der Waals surface area contributed by atoms with Crippen LogP contribution in [-0.4, -0.2) is 55.9 Å². The molecule has 0 saturated heterocycles. The van der Waals surface area contributed by atoms with Crippen LogP contribution in [-0.2, 0) is 14.3 Å². The van der Waals surface area contributed by atoms with E-state index >= 15 is 0 Å². The Morgan fingerprint density at radius 2 is 1.02 bits per heavy atom. The third-order valence-corrected chi connectivity index (χ3v) is 12.1. The van der Waals surface area contributed by atoms with Crippen molar-refractivity contribution in [3.8, 4) is 0 Å². The van der Waals surface area contributed by atoms with Gasteiger partial charge in [0.05, 0.1) is 11.8 Å². The largest absolute Gasteiger partial charge is 0.462 e. The van der Waals surface area contributed by atoms with Crippen LogP contribution in [0, 0.1) is 12.8 Å². The van der Waals surface area contributed by atoms with Crippen molar-refractivity contribution in [1.29, 1.82) is 0 Å². The Morgan fingerprint density at radius 3 is 1.58 bits per heavy atom. The first-order chi connectivity index (χ1) is 27.8. The monoisotopic (exact) mass is 803 g/mol. The van der Waals surface area contributed by atoms with E-state index in [4.69, 9.17) is 9.47 Å². The molecule has 334 valence electrons. The summed E-state index contributed by atoms with van der Waals surface area (Å²) >= 11 is 0. The molecule has 0 bridgehead atoms. The van der Waals surface area contributed by atoms with Crippen molar-refractivity contribution in [3.05, 3.63) is 26.0 Å². The fourth-order valence-electron chi connectivity index (χ4n) is 8.17. The SMILES string of the molecule is CCCCCCC(CCCCCC)OC(=O)CCCCCCCN(CCCCCCCC(C)OCC(CCCCC)CCCCC)CCCNc1c(C)c(=O)c1=O. The molecule has 0 amide bonds. The summed E-state index contributed by atoms with van der Waals surface area (Å²) in [7, 11) is 0. The van der Waals surface area contributed by atoms with Gasteiger partial charge >= 0.3 is 5.97 Å². The molecule has 0 fully saturated rings. The maximum atomic E-state index is 12.7. The summed E-state index contributed by atoms with van der Waals surface area (Å²) < 4.78 is 12.4. The van der Waals surface area contributed by atoms with Gasteiger partial charge in [-0.05, 0) is 110 Å². The average molecular weight is 803 g/mol. The number of nitrogens with one attached hydrogen (secondary N) is 1. The van der Waals surface area contributed by atoms with E-state index in [1.807, 2.05) is 0 Å². The molecule has 1 atom stereocenters. The minimum absolute atomic E-state index is 0.00649. The van der Waals surface area contributed by atoms with Gasteiger partial charge < -0.3 is 19.7 Å². The van der Waals surface area contributed by atoms with Crippen molar-refractivity contribution in [1.82, 2.24) is 4.90 Å². The van der Waals surface area contributed by atoms with Gasteiger partial charge in [-0.15, -0.1) is 0 Å². The standard InChI is InChI=1S/C50H94N2O5/c1-7-11-15-26-35-46(36-27-16-12-8-2)57-47(53)37-28-20-18-22-30-40-52(41-31-38-51-48-44(6)49(54)50(48)55)39-29-21-17-19-25-32-43(5)56-42-45(33-23-13-9-3)34-24-14-10-4/h43,45-46,51H,7-42H2,1-6H3. The lowest BCUT2D eigenvalue weighted by molar-refractivity contribution is -0.150. The summed E-state index contributed by atoms with van der Waals surface area (Å²) in [6.45, 7) is 17.9. The van der Waals surface area contributed by atoms with Gasteiger partial charge in [0.25, 0.3) is 0 Å². The van der Waals surface area contributed by atoms with Gasteiger partial charge in [-0.2, -0.15) is 0 Å². The van der Waals surface area contributed by atoms with E-state index in [9.17, 15) is 14.4 Å². The Balaban J connectivity index is 2.37. The minimum atomic E-state index is -0.364. The molecule has 0 heterocycles. The number of unbranched alkanes of at least 4 members (excludes halogenated alkanes) is 18. The number of hydrogen-bond donors (Lipinski definition) is 1. The molecular weight excluding hydrogens is 709 g/mol. The van der Waals surface area contributed by atoms with Crippen LogP contribution in [0.5, 0.6) is 0 Å². The lowest BCUT2D eigenvalue weighted by Gasteiger charge is -2.23. The molecule has 57 heavy (non-hydrogen) atoms. The van der Waals surface area contributed by atoms with Crippen molar-refractivity contribution in [2.45, 2.75) is 253 Å².